The van der Waals surface area contributed by atoms with Crippen LogP contribution in [0.2, 0.25) is 0 Å². The molecule has 0 saturated heterocycles. The Balaban J connectivity index is 4.98. The molecule has 0 aliphatic carbocycles. The second-order valence-electron chi connectivity index (χ2n) is 5.01. The first-order valence-corrected chi connectivity index (χ1v) is 13.8. The summed E-state index contributed by atoms with van der Waals surface area (Å²) in [5.41, 5.74) is -1.28. The van der Waals surface area contributed by atoms with Crippen molar-refractivity contribution in [2.24, 2.45) is 0 Å². The zero-order valence-corrected chi connectivity index (χ0v) is 13.7. The van der Waals surface area contributed by atoms with Crippen LogP contribution in [0.3, 0.4) is 0 Å². The third-order valence-electron chi connectivity index (χ3n) is 1.37. The second-order valence-corrected chi connectivity index (χ2v) is 17.3. The fraction of sp³-hybridized carbons (Fsp3) is 1.00. The molecule has 104 valence electrons. The molecule has 0 amide bonds. The van der Waals surface area contributed by atoms with Crippen molar-refractivity contribution in [3.63, 3.8) is 0 Å². The molecule has 0 rings (SSSR count). The van der Waals surface area contributed by atoms with Crippen LogP contribution in [0.4, 0.5) is 0 Å². The zero-order chi connectivity index (χ0) is 14.1. The second kappa shape index (κ2) is 5.16. The van der Waals surface area contributed by atoms with E-state index in [4.69, 9.17) is 0 Å². The lowest BCUT2D eigenvalue weighted by atomic mass is 11.8. The first-order chi connectivity index (χ1) is 7.12. The highest BCUT2D eigenvalue weighted by molar-refractivity contribution is 8.13. The van der Waals surface area contributed by atoms with Gasteiger partial charge in [0.2, 0.25) is 0 Å². The predicted molar refractivity (Wildman–Crippen MR) is 71.3 cm³/mol. The van der Waals surface area contributed by atoms with Crippen LogP contribution in [0, 0.1) is 0 Å². The lowest BCUT2D eigenvalue weighted by Gasteiger charge is -2.10. The van der Waals surface area contributed by atoms with Crippen LogP contribution in [0.1, 0.15) is 0 Å². The molecule has 6 nitrogen and oxygen atoms in total. The maximum atomic E-state index is 11.5. The van der Waals surface area contributed by atoms with Crippen molar-refractivity contribution in [3.05, 3.63) is 0 Å². The van der Waals surface area contributed by atoms with E-state index in [2.05, 4.69) is 0 Å². The molecule has 0 atom stereocenters. The summed E-state index contributed by atoms with van der Waals surface area (Å²) in [4.78, 5) is 0. The van der Waals surface area contributed by atoms with E-state index in [1.165, 1.54) is 26.7 Å². The third-order valence-corrected chi connectivity index (χ3v) is 12.4. The van der Waals surface area contributed by atoms with E-state index in [0.717, 1.165) is 0 Å². The highest BCUT2D eigenvalue weighted by Gasteiger charge is 2.29. The highest BCUT2D eigenvalue weighted by Crippen LogP contribution is 2.40. The van der Waals surface area contributed by atoms with Crippen LogP contribution < -0.4 is 0 Å². The van der Waals surface area contributed by atoms with Gasteiger partial charge in [-0.05, 0) is 26.7 Å². The van der Waals surface area contributed by atoms with Crippen LogP contribution in [0.5, 0.6) is 0 Å². The fourth-order valence-electron chi connectivity index (χ4n) is 1.30. The van der Waals surface area contributed by atoms with Crippen molar-refractivity contribution in [3.8, 4) is 0 Å². The average molecular weight is 324 g/mol. The molecule has 0 fully saturated rings. The van der Waals surface area contributed by atoms with Crippen molar-refractivity contribution in [2.45, 2.75) is 0 Å². The monoisotopic (exact) mass is 324 g/mol. The van der Waals surface area contributed by atoms with Crippen molar-refractivity contribution in [2.75, 3.05) is 42.7 Å². The standard InChI is InChI=1S/C7H18O6P2S2/c1-14(2,8)5-16(10,11)7-17(12,13)6-15(3,4)9/h5-7H2,1-4H3. The van der Waals surface area contributed by atoms with Gasteiger partial charge in [0.1, 0.15) is 11.0 Å². The summed E-state index contributed by atoms with van der Waals surface area (Å²) in [7, 11) is -13.6. The smallest absolute Gasteiger partial charge is 0.171 e. The molecule has 0 heterocycles. The molecule has 0 unspecified atom stereocenters. The van der Waals surface area contributed by atoms with E-state index in [1.54, 1.807) is 0 Å². The van der Waals surface area contributed by atoms with Gasteiger partial charge in [-0.3, -0.25) is 0 Å². The highest BCUT2D eigenvalue weighted by atomic mass is 32.3. The molecule has 17 heavy (non-hydrogen) atoms. The Morgan fingerprint density at radius 3 is 1.12 bits per heavy atom. The summed E-state index contributed by atoms with van der Waals surface area (Å²) in [6.07, 6.45) is 0. The third kappa shape index (κ3) is 10.0. The number of rotatable bonds is 6. The first-order valence-electron chi connectivity index (χ1n) is 4.61. The molecule has 0 aromatic rings. The van der Waals surface area contributed by atoms with Gasteiger partial charge in [0.25, 0.3) is 0 Å². The van der Waals surface area contributed by atoms with Crippen molar-refractivity contribution in [1.29, 1.82) is 0 Å². The molecule has 10 heteroatoms. The van der Waals surface area contributed by atoms with Crippen molar-refractivity contribution >= 4 is 34.0 Å². The molecule has 0 N–H and O–H groups in total. The summed E-state index contributed by atoms with van der Waals surface area (Å²) in [6.45, 7) is 5.12. The van der Waals surface area contributed by atoms with Gasteiger partial charge in [-0.15, -0.1) is 0 Å². The SMILES string of the molecule is CP(C)(=O)CS(=O)(=O)CS(=O)(=O)CP(C)(C)=O. The topological polar surface area (TPSA) is 102 Å². The molecular formula is C7H18O6P2S2. The van der Waals surface area contributed by atoms with E-state index in [1.807, 2.05) is 0 Å². The van der Waals surface area contributed by atoms with Crippen LogP contribution in [-0.4, -0.2) is 59.6 Å². The molecule has 0 aromatic carbocycles. The summed E-state index contributed by atoms with van der Waals surface area (Å²) >= 11 is 0. The van der Waals surface area contributed by atoms with Crippen LogP contribution >= 0.6 is 14.3 Å². The van der Waals surface area contributed by atoms with E-state index < -0.39 is 50.0 Å². The Bertz CT molecular complexity index is 509. The normalized spacial score (nSPS) is 14.8. The Labute approximate surface area is 103 Å². The lowest BCUT2D eigenvalue weighted by molar-refractivity contribution is 0.580. The van der Waals surface area contributed by atoms with Crippen LogP contribution in [0.25, 0.3) is 0 Å². The zero-order valence-electron chi connectivity index (χ0n) is 10.3. The quantitative estimate of drug-likeness (QED) is 0.674. The van der Waals surface area contributed by atoms with E-state index in [-0.39, 0.29) is 0 Å². The Hall–Kier alpha value is 0.360. The molecule has 0 aliphatic heterocycles. The Kier molecular flexibility index (Phi) is 5.27. The van der Waals surface area contributed by atoms with Gasteiger partial charge in [-0.1, -0.05) is 0 Å². The molecule has 0 radical (unpaired) electrons. The number of hydrogen-bond acceptors (Lipinski definition) is 6. The van der Waals surface area contributed by atoms with Gasteiger partial charge in [-0.25, -0.2) is 16.8 Å². The minimum Gasteiger partial charge on any atom is -0.323 e. The van der Waals surface area contributed by atoms with Crippen LogP contribution in [-0.2, 0) is 28.8 Å². The molecule has 0 aromatic heterocycles. The first kappa shape index (κ1) is 17.4. The molecule has 0 spiro atoms. The van der Waals surface area contributed by atoms with E-state index in [9.17, 15) is 26.0 Å². The fourth-order valence-corrected chi connectivity index (χ4v) is 13.0. The molecular weight excluding hydrogens is 306 g/mol. The maximum absolute atomic E-state index is 11.5. The van der Waals surface area contributed by atoms with Gasteiger partial charge in [-0.2, -0.15) is 0 Å². The largest absolute Gasteiger partial charge is 0.323 e. The van der Waals surface area contributed by atoms with Crippen LogP contribution in [0.15, 0.2) is 0 Å². The molecule has 0 bridgehead atoms. The van der Waals surface area contributed by atoms with E-state index >= 15 is 0 Å². The predicted octanol–water partition coefficient (Wildman–Crippen LogP) is 0.934. The lowest BCUT2D eigenvalue weighted by Crippen LogP contribution is -2.21. The van der Waals surface area contributed by atoms with Gasteiger partial charge < -0.3 is 9.13 Å². The summed E-state index contributed by atoms with van der Waals surface area (Å²) in [5, 5.41) is -1.09. The summed E-state index contributed by atoms with van der Waals surface area (Å²) in [5.74, 6) is 0. The number of hydrogen-bond donors (Lipinski definition) is 0. The van der Waals surface area contributed by atoms with Crippen molar-refractivity contribution in [1.82, 2.24) is 0 Å². The van der Waals surface area contributed by atoms with Gasteiger partial charge in [0, 0.05) is 0 Å². The molecule has 0 aliphatic rings. The van der Waals surface area contributed by atoms with Gasteiger partial charge >= 0.3 is 0 Å². The summed E-state index contributed by atoms with van der Waals surface area (Å²) in [6, 6.07) is 0. The number of sulfone groups is 2. The maximum Gasteiger partial charge on any atom is 0.171 e. The Morgan fingerprint density at radius 2 is 0.941 bits per heavy atom. The minimum atomic E-state index is -3.94. The van der Waals surface area contributed by atoms with Gasteiger partial charge in [0.15, 0.2) is 24.8 Å². The van der Waals surface area contributed by atoms with Crippen molar-refractivity contribution < 1.29 is 26.0 Å². The minimum absolute atomic E-state index is 0.642. The average Bonchev–Trinajstić information content (AvgIpc) is 1.65. The Morgan fingerprint density at radius 1 is 0.706 bits per heavy atom. The molecule has 0 saturated carbocycles. The van der Waals surface area contributed by atoms with Gasteiger partial charge in [0.05, 0.1) is 14.3 Å². The summed E-state index contributed by atoms with van der Waals surface area (Å²) < 4.78 is 68.8. The van der Waals surface area contributed by atoms with E-state index in [0.29, 0.717) is 0 Å².